The van der Waals surface area contributed by atoms with Crippen molar-refractivity contribution in [2.75, 3.05) is 38.2 Å². The molecule has 0 unspecified atom stereocenters. The summed E-state index contributed by atoms with van der Waals surface area (Å²) >= 11 is 6.16. The third-order valence-electron chi connectivity index (χ3n) is 4.42. The standard InChI is InChI=1S/C21H23ClN2O4/c1-2-28-21(26)18-7-6-17(13-19(18)22)23-20(25)16-5-3-4-15(12-16)14-24-8-10-27-11-9-24/h3-7,12-13H,2,8-11,14H2,1H3,(H,23,25). The Morgan fingerprint density at radius 2 is 1.96 bits per heavy atom. The molecule has 0 bridgehead atoms. The fourth-order valence-corrected chi connectivity index (χ4v) is 3.26. The number of benzene rings is 2. The zero-order valence-corrected chi connectivity index (χ0v) is 16.5. The Balaban J connectivity index is 1.66. The minimum Gasteiger partial charge on any atom is -0.462 e. The molecule has 0 saturated carbocycles. The fourth-order valence-electron chi connectivity index (χ4n) is 3.00. The maximum absolute atomic E-state index is 12.6. The molecule has 0 spiro atoms. The molecule has 1 aliphatic rings. The summed E-state index contributed by atoms with van der Waals surface area (Å²) in [4.78, 5) is 26.7. The highest BCUT2D eigenvalue weighted by atomic mass is 35.5. The third kappa shape index (κ3) is 5.32. The summed E-state index contributed by atoms with van der Waals surface area (Å²) in [5.41, 5.74) is 2.43. The summed E-state index contributed by atoms with van der Waals surface area (Å²) in [6.45, 7) is 6.04. The summed E-state index contributed by atoms with van der Waals surface area (Å²) in [5, 5.41) is 3.05. The van der Waals surface area contributed by atoms with Gasteiger partial charge in [0.2, 0.25) is 0 Å². The molecule has 0 aliphatic carbocycles. The minimum atomic E-state index is -0.485. The molecule has 0 aromatic heterocycles. The predicted octanol–water partition coefficient (Wildman–Crippen LogP) is 3.60. The number of amides is 1. The SMILES string of the molecule is CCOC(=O)c1ccc(NC(=O)c2cccc(CN3CCOCC3)c2)cc1Cl. The number of halogens is 1. The van der Waals surface area contributed by atoms with Gasteiger partial charge < -0.3 is 14.8 Å². The van der Waals surface area contributed by atoms with E-state index in [9.17, 15) is 9.59 Å². The molecule has 6 nitrogen and oxygen atoms in total. The van der Waals surface area contributed by atoms with Crippen molar-refractivity contribution >= 4 is 29.2 Å². The largest absolute Gasteiger partial charge is 0.462 e. The van der Waals surface area contributed by atoms with E-state index in [1.54, 1.807) is 31.2 Å². The number of nitrogens with zero attached hydrogens (tertiary/aromatic N) is 1. The van der Waals surface area contributed by atoms with Crippen molar-refractivity contribution in [3.63, 3.8) is 0 Å². The van der Waals surface area contributed by atoms with Crippen LogP contribution in [0.25, 0.3) is 0 Å². The number of carbonyl (C=O) groups is 2. The van der Waals surface area contributed by atoms with Crippen LogP contribution < -0.4 is 5.32 Å². The molecule has 0 radical (unpaired) electrons. The first-order valence-electron chi connectivity index (χ1n) is 9.24. The topological polar surface area (TPSA) is 67.9 Å². The number of hydrogen-bond donors (Lipinski definition) is 1. The summed E-state index contributed by atoms with van der Waals surface area (Å²) in [6, 6.07) is 12.3. The highest BCUT2D eigenvalue weighted by molar-refractivity contribution is 6.34. The molecule has 1 heterocycles. The van der Waals surface area contributed by atoms with Crippen LogP contribution in [0.2, 0.25) is 5.02 Å². The van der Waals surface area contributed by atoms with Crippen molar-refractivity contribution in [3.05, 3.63) is 64.2 Å². The average molecular weight is 403 g/mol. The van der Waals surface area contributed by atoms with Gasteiger partial charge in [0.1, 0.15) is 0 Å². The van der Waals surface area contributed by atoms with Crippen LogP contribution in [0, 0.1) is 0 Å². The number of nitrogens with one attached hydrogen (secondary N) is 1. The lowest BCUT2D eigenvalue weighted by molar-refractivity contribution is 0.0342. The second kappa shape index (κ2) is 9.68. The van der Waals surface area contributed by atoms with E-state index in [1.165, 1.54) is 0 Å². The molecule has 148 valence electrons. The molecule has 1 N–H and O–H groups in total. The molecule has 1 fully saturated rings. The molecule has 0 atom stereocenters. The second-order valence-electron chi connectivity index (χ2n) is 6.46. The van der Waals surface area contributed by atoms with Gasteiger partial charge in [-0.15, -0.1) is 0 Å². The van der Waals surface area contributed by atoms with Crippen molar-refractivity contribution < 1.29 is 19.1 Å². The van der Waals surface area contributed by atoms with E-state index in [0.717, 1.165) is 38.4 Å². The molecule has 7 heteroatoms. The first-order chi connectivity index (χ1) is 13.6. The number of morpholine rings is 1. The lowest BCUT2D eigenvalue weighted by Crippen LogP contribution is -2.35. The molecular weight excluding hydrogens is 380 g/mol. The Kier molecular flexibility index (Phi) is 7.03. The van der Waals surface area contributed by atoms with E-state index >= 15 is 0 Å². The molecule has 1 saturated heterocycles. The van der Waals surface area contributed by atoms with Crippen LogP contribution in [0.4, 0.5) is 5.69 Å². The number of ether oxygens (including phenoxy) is 2. The highest BCUT2D eigenvalue weighted by Gasteiger charge is 2.15. The number of hydrogen-bond acceptors (Lipinski definition) is 5. The van der Waals surface area contributed by atoms with Gasteiger partial charge in [-0.1, -0.05) is 23.7 Å². The Hall–Kier alpha value is -2.41. The second-order valence-corrected chi connectivity index (χ2v) is 6.87. The van der Waals surface area contributed by atoms with Crippen molar-refractivity contribution in [3.8, 4) is 0 Å². The van der Waals surface area contributed by atoms with Crippen LogP contribution in [-0.4, -0.2) is 49.7 Å². The molecule has 1 aliphatic heterocycles. The van der Waals surface area contributed by atoms with Crippen LogP contribution in [0.1, 0.15) is 33.2 Å². The van der Waals surface area contributed by atoms with Crippen LogP contribution in [0.3, 0.4) is 0 Å². The van der Waals surface area contributed by atoms with Crippen molar-refractivity contribution in [1.82, 2.24) is 4.90 Å². The van der Waals surface area contributed by atoms with E-state index in [0.29, 0.717) is 11.3 Å². The van der Waals surface area contributed by atoms with Gasteiger partial charge in [-0.3, -0.25) is 9.69 Å². The molecule has 2 aromatic rings. The Morgan fingerprint density at radius 3 is 2.68 bits per heavy atom. The zero-order valence-electron chi connectivity index (χ0n) is 15.7. The number of anilines is 1. The normalized spacial score (nSPS) is 14.5. The number of carbonyl (C=O) groups excluding carboxylic acids is 2. The molecule has 1 amide bonds. The van der Waals surface area contributed by atoms with Crippen molar-refractivity contribution in [2.24, 2.45) is 0 Å². The number of esters is 1. The summed E-state index contributed by atoms with van der Waals surface area (Å²) in [7, 11) is 0. The maximum atomic E-state index is 12.6. The molecule has 28 heavy (non-hydrogen) atoms. The summed E-state index contributed by atoms with van der Waals surface area (Å²) in [6.07, 6.45) is 0. The van der Waals surface area contributed by atoms with Crippen LogP contribution >= 0.6 is 11.6 Å². The first-order valence-corrected chi connectivity index (χ1v) is 9.61. The lowest BCUT2D eigenvalue weighted by Gasteiger charge is -2.26. The van der Waals surface area contributed by atoms with Crippen LogP contribution in [0.15, 0.2) is 42.5 Å². The van der Waals surface area contributed by atoms with Gasteiger partial charge in [0, 0.05) is 30.9 Å². The van der Waals surface area contributed by atoms with E-state index in [4.69, 9.17) is 21.1 Å². The maximum Gasteiger partial charge on any atom is 0.339 e. The first kappa shape index (κ1) is 20.3. The smallest absolute Gasteiger partial charge is 0.339 e. The summed E-state index contributed by atoms with van der Waals surface area (Å²) < 4.78 is 10.3. The zero-order chi connectivity index (χ0) is 19.9. The molecular formula is C21H23ClN2O4. The van der Waals surface area contributed by atoms with Gasteiger partial charge in [0.25, 0.3) is 5.91 Å². The van der Waals surface area contributed by atoms with Gasteiger partial charge in [-0.05, 0) is 42.8 Å². The van der Waals surface area contributed by atoms with Crippen LogP contribution in [-0.2, 0) is 16.0 Å². The summed E-state index contributed by atoms with van der Waals surface area (Å²) in [5.74, 6) is -0.718. The predicted molar refractivity (Wildman–Crippen MR) is 108 cm³/mol. The van der Waals surface area contributed by atoms with E-state index in [2.05, 4.69) is 10.2 Å². The van der Waals surface area contributed by atoms with Crippen molar-refractivity contribution in [1.29, 1.82) is 0 Å². The monoisotopic (exact) mass is 402 g/mol. The van der Waals surface area contributed by atoms with Gasteiger partial charge in [0.05, 0.1) is 30.4 Å². The van der Waals surface area contributed by atoms with Gasteiger partial charge in [0.15, 0.2) is 0 Å². The molecule has 3 rings (SSSR count). The minimum absolute atomic E-state index is 0.233. The molecule has 2 aromatic carbocycles. The van der Waals surface area contributed by atoms with Gasteiger partial charge in [-0.25, -0.2) is 4.79 Å². The van der Waals surface area contributed by atoms with Gasteiger partial charge in [-0.2, -0.15) is 0 Å². The lowest BCUT2D eigenvalue weighted by atomic mass is 10.1. The Labute approximate surface area is 169 Å². The van der Waals surface area contributed by atoms with Crippen molar-refractivity contribution in [2.45, 2.75) is 13.5 Å². The Bertz CT molecular complexity index is 850. The average Bonchev–Trinajstić information content (AvgIpc) is 2.69. The van der Waals surface area contributed by atoms with E-state index in [-0.39, 0.29) is 23.1 Å². The quantitative estimate of drug-likeness (QED) is 0.748. The Morgan fingerprint density at radius 1 is 1.18 bits per heavy atom. The van der Waals surface area contributed by atoms with Gasteiger partial charge >= 0.3 is 5.97 Å². The fraction of sp³-hybridized carbons (Fsp3) is 0.333. The highest BCUT2D eigenvalue weighted by Crippen LogP contribution is 2.22. The van der Waals surface area contributed by atoms with E-state index < -0.39 is 5.97 Å². The van der Waals surface area contributed by atoms with E-state index in [1.807, 2.05) is 18.2 Å². The van der Waals surface area contributed by atoms with Crippen LogP contribution in [0.5, 0.6) is 0 Å². The third-order valence-corrected chi connectivity index (χ3v) is 4.73. The number of rotatable bonds is 6.